The van der Waals surface area contributed by atoms with Gasteiger partial charge < -0.3 is 14.0 Å². The van der Waals surface area contributed by atoms with Crippen LogP contribution < -0.4 is 0 Å². The van der Waals surface area contributed by atoms with Crippen LogP contribution in [0.15, 0.2) is 12.2 Å². The van der Waals surface area contributed by atoms with E-state index in [1.165, 1.54) is 5.57 Å². The second kappa shape index (κ2) is 4.09. The van der Waals surface area contributed by atoms with Gasteiger partial charge in [0.1, 0.15) is 0 Å². The van der Waals surface area contributed by atoms with Crippen molar-refractivity contribution >= 4 is 7.12 Å². The molecule has 0 aromatic heterocycles. The largest absolute Gasteiger partial charge is 0.462 e. The van der Waals surface area contributed by atoms with Gasteiger partial charge in [0.25, 0.3) is 0 Å². The lowest BCUT2D eigenvalue weighted by Gasteiger charge is -2.48. The topological polar surface area (TPSA) is 27.7 Å². The molecule has 0 amide bonds. The van der Waals surface area contributed by atoms with Crippen molar-refractivity contribution < 1.29 is 14.0 Å². The van der Waals surface area contributed by atoms with Crippen LogP contribution in [0.25, 0.3) is 0 Å². The van der Waals surface area contributed by atoms with Crippen molar-refractivity contribution in [2.45, 2.75) is 51.6 Å². The molecule has 4 heteroatoms. The van der Waals surface area contributed by atoms with E-state index in [9.17, 15) is 0 Å². The molecule has 1 saturated carbocycles. The predicted octanol–water partition coefficient (Wildman–Crippen LogP) is 2.92. The van der Waals surface area contributed by atoms with Crippen LogP contribution in [0.2, 0.25) is 5.82 Å². The van der Waals surface area contributed by atoms with E-state index in [-0.39, 0.29) is 18.3 Å². The highest BCUT2D eigenvalue weighted by Crippen LogP contribution is 2.60. The number of hydrogen-bond donors (Lipinski definition) is 0. The Labute approximate surface area is 116 Å². The van der Waals surface area contributed by atoms with Crippen molar-refractivity contribution in [3.8, 4) is 0 Å². The Balaban J connectivity index is 1.81. The molecule has 0 aromatic rings. The Bertz CT molecular complexity index is 388. The first kappa shape index (κ1) is 13.7. The van der Waals surface area contributed by atoms with Crippen LogP contribution in [-0.4, -0.2) is 31.5 Å². The van der Waals surface area contributed by atoms with E-state index in [4.69, 9.17) is 14.0 Å². The van der Waals surface area contributed by atoms with E-state index in [1.807, 2.05) is 0 Å². The summed E-state index contributed by atoms with van der Waals surface area (Å²) < 4.78 is 18.1. The van der Waals surface area contributed by atoms with Crippen LogP contribution in [0, 0.1) is 17.8 Å². The molecule has 106 valence electrons. The Morgan fingerprint density at radius 1 is 1.05 bits per heavy atom. The minimum absolute atomic E-state index is 0.116. The molecule has 1 aliphatic carbocycles. The van der Waals surface area contributed by atoms with Crippen molar-refractivity contribution in [3.05, 3.63) is 12.2 Å². The Morgan fingerprint density at radius 3 is 2.11 bits per heavy atom. The smallest absolute Gasteiger partial charge is 0.403 e. The highest BCUT2D eigenvalue weighted by atomic mass is 16.7. The summed E-state index contributed by atoms with van der Waals surface area (Å²) in [5.74, 6) is 2.10. The van der Waals surface area contributed by atoms with Gasteiger partial charge in [-0.2, -0.15) is 0 Å². The van der Waals surface area contributed by atoms with Gasteiger partial charge in [0.15, 0.2) is 0 Å². The zero-order valence-electron chi connectivity index (χ0n) is 12.7. The fourth-order valence-corrected chi connectivity index (χ4v) is 3.87. The van der Waals surface area contributed by atoms with Gasteiger partial charge in [0.05, 0.1) is 17.8 Å². The molecule has 2 saturated heterocycles. The maximum Gasteiger partial charge on any atom is 0.462 e. The molecule has 0 N–H and O–H groups in total. The third kappa shape index (κ3) is 1.84. The minimum atomic E-state index is -0.248. The maximum atomic E-state index is 6.24. The zero-order valence-corrected chi connectivity index (χ0v) is 12.7. The Hall–Kier alpha value is -0.315. The summed E-state index contributed by atoms with van der Waals surface area (Å²) >= 11 is 0. The van der Waals surface area contributed by atoms with Crippen LogP contribution in [0.5, 0.6) is 0 Å². The SMILES string of the molecule is C=C(C)[C@H]1[C@@H]2COC[C@@H]2[C@H]1B1OC(C)(C)C(C)(C)O1. The lowest BCUT2D eigenvalue weighted by Crippen LogP contribution is -2.50. The third-order valence-corrected chi connectivity index (χ3v) is 5.70. The summed E-state index contributed by atoms with van der Waals surface area (Å²) in [5, 5.41) is 0. The number of allylic oxidation sites excluding steroid dienone is 1. The van der Waals surface area contributed by atoms with Gasteiger partial charge in [-0.15, -0.1) is 0 Å². The quantitative estimate of drug-likeness (QED) is 0.567. The molecule has 0 bridgehead atoms. The van der Waals surface area contributed by atoms with Crippen molar-refractivity contribution in [2.75, 3.05) is 13.2 Å². The van der Waals surface area contributed by atoms with Gasteiger partial charge in [-0.1, -0.05) is 12.2 Å². The molecular formula is C15H25BO3. The van der Waals surface area contributed by atoms with Crippen molar-refractivity contribution in [2.24, 2.45) is 17.8 Å². The summed E-state index contributed by atoms with van der Waals surface area (Å²) in [4.78, 5) is 0. The normalized spacial score (nSPS) is 42.9. The fourth-order valence-electron chi connectivity index (χ4n) is 3.87. The zero-order chi connectivity index (χ0) is 14.0. The van der Waals surface area contributed by atoms with Crippen LogP contribution in [0.3, 0.4) is 0 Å². The van der Waals surface area contributed by atoms with E-state index in [0.717, 1.165) is 13.2 Å². The monoisotopic (exact) mass is 264 g/mol. The third-order valence-electron chi connectivity index (χ3n) is 5.70. The van der Waals surface area contributed by atoms with Crippen molar-refractivity contribution in [1.82, 2.24) is 0 Å². The average molecular weight is 264 g/mol. The first-order valence-electron chi connectivity index (χ1n) is 7.33. The first-order chi connectivity index (χ1) is 8.74. The molecule has 4 atom stereocenters. The molecule has 3 nitrogen and oxygen atoms in total. The van der Waals surface area contributed by atoms with Crippen LogP contribution in [0.4, 0.5) is 0 Å². The molecule has 3 aliphatic rings. The molecular weight excluding hydrogens is 239 g/mol. The van der Waals surface area contributed by atoms with E-state index in [1.54, 1.807) is 0 Å². The molecule has 3 fully saturated rings. The standard InChI is InChI=1S/C15H25BO3/c1-9(2)12-10-7-17-8-11(10)13(12)16-18-14(3,4)15(5,6)19-16/h10-13H,1,7-8H2,2-6H3/t10-,11+,12+,13-/m1/s1. The molecule has 3 rings (SSSR count). The Kier molecular flexibility index (Phi) is 2.94. The number of rotatable bonds is 2. The number of fused-ring (bicyclic) bond motifs is 1. The lowest BCUT2D eigenvalue weighted by atomic mass is 9.43. The second-order valence-electron chi connectivity index (χ2n) is 7.44. The van der Waals surface area contributed by atoms with E-state index in [2.05, 4.69) is 41.2 Å². The molecule has 0 unspecified atom stereocenters. The van der Waals surface area contributed by atoms with E-state index in [0.29, 0.717) is 23.6 Å². The molecule has 0 aromatic carbocycles. The summed E-state index contributed by atoms with van der Waals surface area (Å²) in [6.07, 6.45) is 0. The fraction of sp³-hybridized carbons (Fsp3) is 0.867. The summed E-state index contributed by atoms with van der Waals surface area (Å²) in [5.41, 5.74) is 0.746. The second-order valence-corrected chi connectivity index (χ2v) is 7.44. The summed E-state index contributed by atoms with van der Waals surface area (Å²) in [7, 11) is -0.116. The Morgan fingerprint density at radius 2 is 1.58 bits per heavy atom. The minimum Gasteiger partial charge on any atom is -0.403 e. The molecule has 2 aliphatic heterocycles. The highest BCUT2D eigenvalue weighted by Gasteiger charge is 2.64. The summed E-state index contributed by atoms with van der Waals surface area (Å²) in [6, 6.07) is 0. The number of ether oxygens (including phenoxy) is 1. The van der Waals surface area contributed by atoms with Crippen molar-refractivity contribution in [3.63, 3.8) is 0 Å². The number of hydrogen-bond acceptors (Lipinski definition) is 3. The van der Waals surface area contributed by atoms with Crippen molar-refractivity contribution in [1.29, 1.82) is 0 Å². The van der Waals surface area contributed by atoms with Crippen LogP contribution in [-0.2, 0) is 14.0 Å². The maximum absolute atomic E-state index is 6.24. The molecule has 2 heterocycles. The van der Waals surface area contributed by atoms with Gasteiger partial charge in [-0.05, 0) is 52.4 Å². The van der Waals surface area contributed by atoms with E-state index < -0.39 is 0 Å². The molecule has 0 radical (unpaired) electrons. The summed E-state index contributed by atoms with van der Waals surface area (Å²) in [6.45, 7) is 16.5. The van der Waals surface area contributed by atoms with Crippen LogP contribution >= 0.6 is 0 Å². The predicted molar refractivity (Wildman–Crippen MR) is 75.9 cm³/mol. The van der Waals surface area contributed by atoms with Gasteiger partial charge in [-0.25, -0.2) is 0 Å². The molecule has 19 heavy (non-hydrogen) atoms. The first-order valence-corrected chi connectivity index (χ1v) is 7.33. The van der Waals surface area contributed by atoms with Gasteiger partial charge in [0, 0.05) is 12.4 Å². The lowest BCUT2D eigenvalue weighted by molar-refractivity contribution is 0.00578. The highest BCUT2D eigenvalue weighted by molar-refractivity contribution is 6.48. The van der Waals surface area contributed by atoms with Crippen LogP contribution in [0.1, 0.15) is 34.6 Å². The molecule has 0 spiro atoms. The van der Waals surface area contributed by atoms with E-state index >= 15 is 0 Å². The van der Waals surface area contributed by atoms with Gasteiger partial charge in [0.2, 0.25) is 0 Å². The average Bonchev–Trinajstić information content (AvgIpc) is 2.67. The van der Waals surface area contributed by atoms with Gasteiger partial charge in [-0.3, -0.25) is 0 Å². The van der Waals surface area contributed by atoms with Gasteiger partial charge >= 0.3 is 7.12 Å².